The van der Waals surface area contributed by atoms with Crippen molar-refractivity contribution < 1.29 is 27.8 Å². The second-order valence-electron chi connectivity index (χ2n) is 3.39. The molecule has 0 aromatic heterocycles. The first kappa shape index (κ1) is 13.3. The lowest BCUT2D eigenvalue weighted by Gasteiger charge is -2.18. The van der Waals surface area contributed by atoms with E-state index < -0.39 is 35.8 Å². The second-order valence-corrected chi connectivity index (χ2v) is 3.39. The Labute approximate surface area is 94.8 Å². The summed E-state index contributed by atoms with van der Waals surface area (Å²) < 4.78 is 42.8. The van der Waals surface area contributed by atoms with Gasteiger partial charge in [0.1, 0.15) is 12.2 Å². The summed E-state index contributed by atoms with van der Waals surface area (Å²) in [6.07, 6.45) is -3.76. The van der Waals surface area contributed by atoms with Crippen LogP contribution < -0.4 is 5.73 Å². The van der Waals surface area contributed by atoms with Crippen LogP contribution in [0.4, 0.5) is 18.0 Å². The maximum atomic E-state index is 12.9. The van der Waals surface area contributed by atoms with Crippen LogP contribution in [0, 0.1) is 17.5 Å². The van der Waals surface area contributed by atoms with Crippen molar-refractivity contribution >= 4 is 6.09 Å². The fraction of sp³-hybridized carbons (Fsp3) is 0.300. The molecule has 17 heavy (non-hydrogen) atoms. The molecule has 94 valence electrons. The number of rotatable bonds is 3. The Morgan fingerprint density at radius 1 is 1.35 bits per heavy atom. The van der Waals surface area contributed by atoms with E-state index in [0.29, 0.717) is 12.1 Å². The Hall–Kier alpha value is -1.76. The van der Waals surface area contributed by atoms with Gasteiger partial charge in [-0.2, -0.15) is 0 Å². The van der Waals surface area contributed by atoms with Gasteiger partial charge in [-0.1, -0.05) is 0 Å². The van der Waals surface area contributed by atoms with Crippen molar-refractivity contribution in [2.24, 2.45) is 5.73 Å². The van der Waals surface area contributed by atoms with Gasteiger partial charge in [0.2, 0.25) is 0 Å². The molecule has 0 unspecified atom stereocenters. The van der Waals surface area contributed by atoms with Gasteiger partial charge in [0.15, 0.2) is 17.5 Å². The number of aliphatic hydroxyl groups is 1. The highest BCUT2D eigenvalue weighted by atomic mass is 19.2. The molecule has 1 rings (SSSR count). The van der Waals surface area contributed by atoms with E-state index in [2.05, 4.69) is 4.74 Å². The van der Waals surface area contributed by atoms with Crippen molar-refractivity contribution in [3.8, 4) is 0 Å². The highest BCUT2D eigenvalue weighted by molar-refractivity contribution is 5.64. The molecule has 7 heteroatoms. The summed E-state index contributed by atoms with van der Waals surface area (Å²) in [7, 11) is 0. The molecule has 4 nitrogen and oxygen atoms in total. The minimum absolute atomic E-state index is 0.254. The molecule has 0 aliphatic rings. The Balaban J connectivity index is 2.96. The zero-order chi connectivity index (χ0) is 13.2. The van der Waals surface area contributed by atoms with Crippen molar-refractivity contribution in [3.63, 3.8) is 0 Å². The predicted octanol–water partition coefficient (Wildman–Crippen LogP) is 1.62. The van der Waals surface area contributed by atoms with E-state index in [9.17, 15) is 23.1 Å². The number of carbonyl (C=O) groups excluding carboxylic acids is 1. The molecule has 0 radical (unpaired) electrons. The van der Waals surface area contributed by atoms with Crippen LogP contribution in [0.15, 0.2) is 12.1 Å². The molecule has 0 heterocycles. The zero-order valence-corrected chi connectivity index (χ0v) is 8.78. The monoisotopic (exact) mass is 249 g/mol. The number of hydrogen-bond donors (Lipinski definition) is 2. The molecule has 0 fully saturated rings. The number of benzene rings is 1. The summed E-state index contributed by atoms with van der Waals surface area (Å²) in [5.41, 5.74) is 4.46. The van der Waals surface area contributed by atoms with Crippen LogP contribution in [0.5, 0.6) is 0 Å². The van der Waals surface area contributed by atoms with Gasteiger partial charge in [-0.15, -0.1) is 0 Å². The zero-order valence-electron chi connectivity index (χ0n) is 8.78. The largest absolute Gasteiger partial charge is 0.444 e. The van der Waals surface area contributed by atoms with E-state index in [4.69, 9.17) is 5.73 Å². The minimum Gasteiger partial charge on any atom is -0.444 e. The molecule has 1 amide bonds. The molecule has 0 aliphatic carbocycles. The number of hydrogen-bond acceptors (Lipinski definition) is 3. The number of nitrogens with two attached hydrogens (primary N) is 1. The first-order chi connectivity index (χ1) is 7.82. The van der Waals surface area contributed by atoms with Gasteiger partial charge in [0.25, 0.3) is 0 Å². The fourth-order valence-corrected chi connectivity index (χ4v) is 1.26. The van der Waals surface area contributed by atoms with E-state index in [1.807, 2.05) is 0 Å². The van der Waals surface area contributed by atoms with Gasteiger partial charge in [-0.05, 0) is 24.6 Å². The smallest absolute Gasteiger partial charge is 0.404 e. The van der Waals surface area contributed by atoms with Crippen LogP contribution in [0.25, 0.3) is 0 Å². The number of amides is 1. The third kappa shape index (κ3) is 3.10. The van der Waals surface area contributed by atoms with Gasteiger partial charge >= 0.3 is 6.09 Å². The Kier molecular flexibility index (Phi) is 3.95. The fourth-order valence-electron chi connectivity index (χ4n) is 1.26. The molecule has 0 saturated carbocycles. The average Bonchev–Trinajstić information content (AvgIpc) is 2.23. The van der Waals surface area contributed by atoms with Crippen LogP contribution in [0.1, 0.15) is 18.6 Å². The van der Waals surface area contributed by atoms with Crippen molar-refractivity contribution in [1.82, 2.24) is 0 Å². The normalized spacial score (nSPS) is 14.2. The molecule has 1 aromatic carbocycles. The molecule has 2 atom stereocenters. The molecule has 0 aliphatic heterocycles. The molecular weight excluding hydrogens is 239 g/mol. The Morgan fingerprint density at radius 2 is 1.82 bits per heavy atom. The van der Waals surface area contributed by atoms with E-state index in [-0.39, 0.29) is 5.56 Å². The lowest BCUT2D eigenvalue weighted by molar-refractivity contribution is 0.0154. The second kappa shape index (κ2) is 5.05. The number of ether oxygens (including phenoxy) is 1. The topological polar surface area (TPSA) is 72.5 Å². The molecule has 0 spiro atoms. The van der Waals surface area contributed by atoms with Crippen LogP contribution in [-0.2, 0) is 4.74 Å². The van der Waals surface area contributed by atoms with E-state index in [1.165, 1.54) is 6.92 Å². The van der Waals surface area contributed by atoms with Crippen LogP contribution >= 0.6 is 0 Å². The summed E-state index contributed by atoms with van der Waals surface area (Å²) >= 11 is 0. The number of halogens is 3. The lowest BCUT2D eigenvalue weighted by atomic mass is 10.0. The van der Waals surface area contributed by atoms with E-state index in [1.54, 1.807) is 0 Å². The summed E-state index contributed by atoms with van der Waals surface area (Å²) in [5.74, 6) is -4.51. The van der Waals surface area contributed by atoms with Crippen molar-refractivity contribution in [1.29, 1.82) is 0 Å². The van der Waals surface area contributed by atoms with Gasteiger partial charge in [0, 0.05) is 0 Å². The Bertz CT molecular complexity index is 416. The molecule has 0 bridgehead atoms. The van der Waals surface area contributed by atoms with Crippen molar-refractivity contribution in [3.05, 3.63) is 35.1 Å². The van der Waals surface area contributed by atoms with Crippen LogP contribution in [0.3, 0.4) is 0 Å². The first-order valence-corrected chi connectivity index (χ1v) is 4.61. The summed E-state index contributed by atoms with van der Waals surface area (Å²) in [4.78, 5) is 10.4. The first-order valence-electron chi connectivity index (χ1n) is 4.61. The number of aliphatic hydroxyl groups excluding tert-OH is 1. The maximum Gasteiger partial charge on any atom is 0.404 e. The van der Waals surface area contributed by atoms with Crippen molar-refractivity contribution in [2.45, 2.75) is 19.1 Å². The van der Waals surface area contributed by atoms with Crippen LogP contribution in [-0.4, -0.2) is 17.3 Å². The number of primary amides is 1. The third-order valence-corrected chi connectivity index (χ3v) is 2.09. The third-order valence-electron chi connectivity index (χ3n) is 2.09. The van der Waals surface area contributed by atoms with Gasteiger partial charge < -0.3 is 15.6 Å². The minimum atomic E-state index is -1.63. The highest BCUT2D eigenvalue weighted by Gasteiger charge is 2.22. The summed E-state index contributed by atoms with van der Waals surface area (Å²) in [6, 6.07) is 1.23. The quantitative estimate of drug-likeness (QED) is 0.799. The SMILES string of the molecule is C[C@H](OC(N)=O)[C@@H](O)c1cc(F)c(F)c(F)c1. The predicted molar refractivity (Wildman–Crippen MR) is 51.4 cm³/mol. The Morgan fingerprint density at radius 3 is 2.24 bits per heavy atom. The van der Waals surface area contributed by atoms with Gasteiger partial charge in [-0.3, -0.25) is 0 Å². The lowest BCUT2D eigenvalue weighted by Crippen LogP contribution is -2.26. The van der Waals surface area contributed by atoms with Gasteiger partial charge in [0.05, 0.1) is 0 Å². The maximum absolute atomic E-state index is 12.9. The highest BCUT2D eigenvalue weighted by Crippen LogP contribution is 2.23. The van der Waals surface area contributed by atoms with Gasteiger partial charge in [-0.25, -0.2) is 18.0 Å². The summed E-state index contributed by atoms with van der Waals surface area (Å²) in [6.45, 7) is 1.27. The van der Waals surface area contributed by atoms with Crippen molar-refractivity contribution in [2.75, 3.05) is 0 Å². The average molecular weight is 249 g/mol. The molecular formula is C10H10F3NO3. The molecule has 0 saturated heterocycles. The standard InChI is InChI=1S/C10H10F3NO3/c1-4(17-10(14)16)9(15)5-2-6(11)8(13)7(12)3-5/h2-4,9,15H,1H3,(H2,14,16)/t4-,9+/m0/s1. The van der Waals surface area contributed by atoms with E-state index in [0.717, 1.165) is 0 Å². The van der Waals surface area contributed by atoms with E-state index >= 15 is 0 Å². The molecule has 3 N–H and O–H groups in total. The van der Waals surface area contributed by atoms with Crippen LogP contribution in [0.2, 0.25) is 0 Å². The number of carbonyl (C=O) groups is 1. The molecule has 1 aromatic rings. The summed E-state index contributed by atoms with van der Waals surface area (Å²) in [5, 5.41) is 9.59.